The van der Waals surface area contributed by atoms with Crippen molar-refractivity contribution in [3.63, 3.8) is 0 Å². The molecule has 1 amide bonds. The molecule has 0 radical (unpaired) electrons. The third-order valence-electron chi connectivity index (χ3n) is 3.05. The Morgan fingerprint density at radius 3 is 3.11 bits per heavy atom. The molecule has 1 aromatic carbocycles. The van der Waals surface area contributed by atoms with Crippen LogP contribution in [0.2, 0.25) is 0 Å². The third kappa shape index (κ3) is 2.90. The number of fused-ring (bicyclic) bond motifs is 1. The lowest BCUT2D eigenvalue weighted by atomic mass is 10.1. The van der Waals surface area contributed by atoms with Gasteiger partial charge in [0.15, 0.2) is 6.61 Å². The number of nitrogens with one attached hydrogen (secondary N) is 1. The molecule has 0 saturated carbocycles. The second kappa shape index (κ2) is 5.36. The number of aryl methyl sites for hydroxylation is 2. The molecule has 0 atom stereocenters. The van der Waals surface area contributed by atoms with Crippen molar-refractivity contribution in [3.8, 4) is 5.75 Å². The van der Waals surface area contributed by atoms with Gasteiger partial charge in [-0.15, -0.1) is 10.2 Å². The molecule has 0 unspecified atom stereocenters. The van der Waals surface area contributed by atoms with Gasteiger partial charge in [0.25, 0.3) is 5.91 Å². The van der Waals surface area contributed by atoms with Crippen LogP contribution in [0.5, 0.6) is 5.75 Å². The minimum absolute atomic E-state index is 0.0155. The van der Waals surface area contributed by atoms with Crippen LogP contribution < -0.4 is 10.1 Å². The predicted octanol–water partition coefficient (Wildman–Crippen LogP) is 2.04. The summed E-state index contributed by atoms with van der Waals surface area (Å²) in [6, 6.07) is 6.03. The van der Waals surface area contributed by atoms with Gasteiger partial charge in [0.1, 0.15) is 11.3 Å². The summed E-state index contributed by atoms with van der Waals surface area (Å²) in [5.74, 6) is 0.519. The Morgan fingerprint density at radius 1 is 1.37 bits per heavy atom. The fraction of sp³-hybridized carbons (Fsp3) is 0.308. The topological polar surface area (TPSA) is 64.1 Å². The Labute approximate surface area is 114 Å². The van der Waals surface area contributed by atoms with E-state index >= 15 is 0 Å². The lowest BCUT2D eigenvalue weighted by Gasteiger charge is -2.07. The standard InChI is InChI=1S/C13H13N3O2S/c17-12(15-13-16-14-8-19-13)7-18-11-5-4-9-2-1-3-10(9)6-11/h4-6,8H,1-3,7H2,(H,15,16,17). The maximum absolute atomic E-state index is 11.6. The summed E-state index contributed by atoms with van der Waals surface area (Å²) in [4.78, 5) is 11.6. The van der Waals surface area contributed by atoms with Gasteiger partial charge in [-0.25, -0.2) is 0 Å². The van der Waals surface area contributed by atoms with E-state index in [2.05, 4.69) is 21.6 Å². The molecule has 98 valence electrons. The first-order chi connectivity index (χ1) is 9.31. The van der Waals surface area contributed by atoms with E-state index in [9.17, 15) is 4.79 Å². The average Bonchev–Trinajstić information content (AvgIpc) is 3.06. The number of benzene rings is 1. The van der Waals surface area contributed by atoms with E-state index in [1.807, 2.05) is 12.1 Å². The zero-order valence-electron chi connectivity index (χ0n) is 10.3. The number of hydrogen-bond acceptors (Lipinski definition) is 5. The summed E-state index contributed by atoms with van der Waals surface area (Å²) in [6.45, 7) is -0.0155. The number of carbonyl (C=O) groups excluding carboxylic acids is 1. The minimum Gasteiger partial charge on any atom is -0.484 e. The molecule has 0 spiro atoms. The molecule has 1 aliphatic rings. The Hall–Kier alpha value is -1.95. The minimum atomic E-state index is -0.225. The molecule has 3 rings (SSSR count). The molecule has 0 fully saturated rings. The van der Waals surface area contributed by atoms with Crippen LogP contribution in [0.1, 0.15) is 17.5 Å². The summed E-state index contributed by atoms with van der Waals surface area (Å²) in [7, 11) is 0. The first-order valence-electron chi connectivity index (χ1n) is 6.12. The molecular weight excluding hydrogens is 262 g/mol. The van der Waals surface area contributed by atoms with Crippen molar-refractivity contribution in [2.24, 2.45) is 0 Å². The molecule has 19 heavy (non-hydrogen) atoms. The van der Waals surface area contributed by atoms with Gasteiger partial charge in [-0.3, -0.25) is 10.1 Å². The number of ether oxygens (including phenoxy) is 1. The van der Waals surface area contributed by atoms with E-state index in [0.29, 0.717) is 5.13 Å². The molecule has 1 N–H and O–H groups in total. The Bertz CT molecular complexity index is 584. The number of hydrogen-bond donors (Lipinski definition) is 1. The van der Waals surface area contributed by atoms with Gasteiger partial charge in [0.05, 0.1) is 0 Å². The number of carbonyl (C=O) groups is 1. The fourth-order valence-electron chi connectivity index (χ4n) is 2.17. The maximum Gasteiger partial charge on any atom is 0.264 e. The number of amides is 1. The van der Waals surface area contributed by atoms with E-state index in [1.54, 1.807) is 5.51 Å². The van der Waals surface area contributed by atoms with Crippen LogP contribution in [-0.2, 0) is 17.6 Å². The van der Waals surface area contributed by atoms with Crippen molar-refractivity contribution in [1.82, 2.24) is 10.2 Å². The molecule has 5 nitrogen and oxygen atoms in total. The molecule has 0 bridgehead atoms. The molecule has 1 aliphatic carbocycles. The van der Waals surface area contributed by atoms with Gasteiger partial charge in [-0.05, 0) is 42.5 Å². The van der Waals surface area contributed by atoms with Crippen molar-refractivity contribution >= 4 is 22.4 Å². The zero-order valence-corrected chi connectivity index (χ0v) is 11.1. The van der Waals surface area contributed by atoms with Crippen molar-refractivity contribution in [2.75, 3.05) is 11.9 Å². The van der Waals surface area contributed by atoms with Gasteiger partial charge in [0, 0.05) is 0 Å². The second-order valence-corrected chi connectivity index (χ2v) is 5.20. The van der Waals surface area contributed by atoms with Crippen LogP contribution in [0, 0.1) is 0 Å². The van der Waals surface area contributed by atoms with Gasteiger partial charge in [-0.1, -0.05) is 17.4 Å². The van der Waals surface area contributed by atoms with Crippen LogP contribution >= 0.6 is 11.3 Å². The molecule has 1 heterocycles. The lowest BCUT2D eigenvalue weighted by Crippen LogP contribution is -2.20. The molecule has 1 aromatic heterocycles. The monoisotopic (exact) mass is 275 g/mol. The van der Waals surface area contributed by atoms with Gasteiger partial charge >= 0.3 is 0 Å². The Balaban J connectivity index is 1.56. The normalized spacial score (nSPS) is 13.1. The van der Waals surface area contributed by atoms with Gasteiger partial charge < -0.3 is 4.74 Å². The van der Waals surface area contributed by atoms with E-state index in [1.165, 1.54) is 28.9 Å². The highest BCUT2D eigenvalue weighted by Gasteiger charge is 2.12. The van der Waals surface area contributed by atoms with E-state index in [4.69, 9.17) is 4.74 Å². The smallest absolute Gasteiger partial charge is 0.264 e. The first-order valence-corrected chi connectivity index (χ1v) is 7.00. The number of rotatable bonds is 4. The fourth-order valence-corrected chi connectivity index (χ4v) is 2.63. The molecule has 0 saturated heterocycles. The highest BCUT2D eigenvalue weighted by Crippen LogP contribution is 2.25. The van der Waals surface area contributed by atoms with E-state index < -0.39 is 0 Å². The van der Waals surface area contributed by atoms with Crippen molar-refractivity contribution < 1.29 is 9.53 Å². The van der Waals surface area contributed by atoms with Crippen molar-refractivity contribution in [1.29, 1.82) is 0 Å². The third-order valence-corrected chi connectivity index (χ3v) is 3.65. The second-order valence-electron chi connectivity index (χ2n) is 4.36. The lowest BCUT2D eigenvalue weighted by molar-refractivity contribution is -0.118. The summed E-state index contributed by atoms with van der Waals surface area (Å²) >= 11 is 1.28. The van der Waals surface area contributed by atoms with Crippen LogP contribution in [0.15, 0.2) is 23.7 Å². The molecular formula is C13H13N3O2S. The molecule has 0 aliphatic heterocycles. The summed E-state index contributed by atoms with van der Waals surface area (Å²) in [5.41, 5.74) is 4.30. The Morgan fingerprint density at radius 2 is 2.26 bits per heavy atom. The van der Waals surface area contributed by atoms with Crippen LogP contribution in [0.4, 0.5) is 5.13 Å². The van der Waals surface area contributed by atoms with Crippen LogP contribution in [0.3, 0.4) is 0 Å². The SMILES string of the molecule is O=C(COc1ccc2c(c1)CCC2)Nc1nncs1. The molecule has 2 aromatic rings. The maximum atomic E-state index is 11.6. The summed E-state index contributed by atoms with van der Waals surface area (Å²) in [5, 5.41) is 10.5. The number of anilines is 1. The molecule has 6 heteroatoms. The highest BCUT2D eigenvalue weighted by atomic mass is 32.1. The highest BCUT2D eigenvalue weighted by molar-refractivity contribution is 7.13. The summed E-state index contributed by atoms with van der Waals surface area (Å²) < 4.78 is 5.49. The zero-order chi connectivity index (χ0) is 13.1. The van der Waals surface area contributed by atoms with Gasteiger partial charge in [0.2, 0.25) is 5.13 Å². The van der Waals surface area contributed by atoms with Gasteiger partial charge in [-0.2, -0.15) is 0 Å². The van der Waals surface area contributed by atoms with Crippen LogP contribution in [0.25, 0.3) is 0 Å². The van der Waals surface area contributed by atoms with Crippen LogP contribution in [-0.4, -0.2) is 22.7 Å². The first kappa shape index (κ1) is 12.1. The number of aromatic nitrogens is 2. The average molecular weight is 275 g/mol. The predicted molar refractivity (Wildman–Crippen MR) is 72.5 cm³/mol. The van der Waals surface area contributed by atoms with Crippen molar-refractivity contribution in [3.05, 3.63) is 34.8 Å². The van der Waals surface area contributed by atoms with Crippen molar-refractivity contribution in [2.45, 2.75) is 19.3 Å². The number of nitrogens with zero attached hydrogens (tertiary/aromatic N) is 2. The quantitative estimate of drug-likeness (QED) is 0.927. The largest absolute Gasteiger partial charge is 0.484 e. The van der Waals surface area contributed by atoms with E-state index in [-0.39, 0.29) is 12.5 Å². The van der Waals surface area contributed by atoms with E-state index in [0.717, 1.165) is 18.6 Å². The summed E-state index contributed by atoms with van der Waals surface area (Å²) in [6.07, 6.45) is 3.45. The Kier molecular flexibility index (Phi) is 3.41.